The van der Waals surface area contributed by atoms with Crippen LogP contribution in [0.5, 0.6) is 0 Å². The van der Waals surface area contributed by atoms with Crippen LogP contribution in [0.15, 0.2) is 29.2 Å². The molecule has 0 radical (unpaired) electrons. The van der Waals surface area contributed by atoms with Crippen molar-refractivity contribution in [2.75, 3.05) is 12.4 Å². The molecule has 1 aromatic carbocycles. The molecule has 1 saturated heterocycles. The van der Waals surface area contributed by atoms with Crippen LogP contribution in [0.3, 0.4) is 0 Å². The monoisotopic (exact) mass is 279 g/mol. The number of nitrogens with one attached hydrogen (secondary N) is 1. The van der Waals surface area contributed by atoms with Gasteiger partial charge in [0, 0.05) is 29.8 Å². The molecule has 0 aromatic heterocycles. The van der Waals surface area contributed by atoms with E-state index in [-0.39, 0.29) is 0 Å². The summed E-state index contributed by atoms with van der Waals surface area (Å²) in [5, 5.41) is 3.46. The molecule has 3 heteroatoms. The summed E-state index contributed by atoms with van der Waals surface area (Å²) in [5.41, 5.74) is 1.37. The fraction of sp³-hybridized carbons (Fsp3) is 0.625. The molecule has 0 saturated carbocycles. The summed E-state index contributed by atoms with van der Waals surface area (Å²) in [5.74, 6) is 1.16. The maximum Gasteiger partial charge on any atom is 0.0584 e. The van der Waals surface area contributed by atoms with Gasteiger partial charge in [-0.3, -0.25) is 0 Å². The first kappa shape index (κ1) is 14.9. The van der Waals surface area contributed by atoms with Crippen molar-refractivity contribution < 1.29 is 4.74 Å². The Labute approximate surface area is 121 Å². The van der Waals surface area contributed by atoms with Gasteiger partial charge in [0.05, 0.1) is 6.10 Å². The van der Waals surface area contributed by atoms with Gasteiger partial charge in [-0.15, -0.1) is 11.8 Å². The molecule has 1 atom stereocenters. The highest BCUT2D eigenvalue weighted by Crippen LogP contribution is 2.23. The lowest BCUT2D eigenvalue weighted by molar-refractivity contribution is 0.109. The molecule has 1 unspecified atom stereocenters. The molecular formula is C16H25NOS. The summed E-state index contributed by atoms with van der Waals surface area (Å²) in [6.45, 7) is 6.28. The number of hydrogen-bond acceptors (Lipinski definition) is 3. The Morgan fingerprint density at radius 1 is 1.42 bits per heavy atom. The Morgan fingerprint density at radius 2 is 2.32 bits per heavy atom. The van der Waals surface area contributed by atoms with E-state index in [0.29, 0.717) is 12.1 Å². The smallest absolute Gasteiger partial charge is 0.0584 e. The molecule has 1 aliphatic rings. The molecule has 19 heavy (non-hydrogen) atoms. The highest BCUT2D eigenvalue weighted by Gasteiger charge is 2.14. The van der Waals surface area contributed by atoms with Gasteiger partial charge in [-0.25, -0.2) is 0 Å². The molecule has 1 aliphatic heterocycles. The summed E-state index contributed by atoms with van der Waals surface area (Å²) in [6, 6.07) is 9.40. The van der Waals surface area contributed by atoms with Crippen LogP contribution in [0.1, 0.15) is 38.7 Å². The summed E-state index contributed by atoms with van der Waals surface area (Å²) in [7, 11) is 0. The molecule has 1 N–H and O–H groups in total. The summed E-state index contributed by atoms with van der Waals surface area (Å²) in [4.78, 5) is 1.38. The average Bonchev–Trinajstić information content (AvgIpc) is 2.90. The molecule has 106 valence electrons. The summed E-state index contributed by atoms with van der Waals surface area (Å²) < 4.78 is 5.66. The van der Waals surface area contributed by atoms with Crippen molar-refractivity contribution >= 4 is 11.8 Å². The van der Waals surface area contributed by atoms with E-state index in [9.17, 15) is 0 Å². The average molecular weight is 279 g/mol. The van der Waals surface area contributed by atoms with E-state index in [1.54, 1.807) is 0 Å². The minimum Gasteiger partial charge on any atom is -0.378 e. The van der Waals surface area contributed by atoms with Gasteiger partial charge >= 0.3 is 0 Å². The third-order valence-electron chi connectivity index (χ3n) is 3.35. The molecule has 2 nitrogen and oxygen atoms in total. The van der Waals surface area contributed by atoms with E-state index >= 15 is 0 Å². The Bertz CT molecular complexity index is 375. The van der Waals surface area contributed by atoms with E-state index in [1.807, 2.05) is 11.8 Å². The van der Waals surface area contributed by atoms with Crippen LogP contribution in [-0.4, -0.2) is 24.5 Å². The molecule has 1 fully saturated rings. The molecule has 0 bridgehead atoms. The van der Waals surface area contributed by atoms with Gasteiger partial charge in [0.25, 0.3) is 0 Å². The van der Waals surface area contributed by atoms with Gasteiger partial charge in [-0.1, -0.05) is 26.0 Å². The van der Waals surface area contributed by atoms with Gasteiger partial charge < -0.3 is 10.1 Å². The van der Waals surface area contributed by atoms with Crippen LogP contribution >= 0.6 is 11.8 Å². The number of rotatable bonds is 7. The van der Waals surface area contributed by atoms with Crippen molar-refractivity contribution in [2.24, 2.45) is 0 Å². The number of thioether (sulfide) groups is 1. The minimum atomic E-state index is 0.512. The van der Waals surface area contributed by atoms with Crippen LogP contribution in [0, 0.1) is 0 Å². The zero-order valence-electron chi connectivity index (χ0n) is 12.0. The molecular weight excluding hydrogens is 254 g/mol. The normalized spacial score (nSPS) is 19.2. The predicted molar refractivity (Wildman–Crippen MR) is 82.7 cm³/mol. The van der Waals surface area contributed by atoms with Crippen molar-refractivity contribution in [3.05, 3.63) is 29.8 Å². The Morgan fingerprint density at radius 3 is 3.05 bits per heavy atom. The van der Waals surface area contributed by atoms with Gasteiger partial charge in [0.2, 0.25) is 0 Å². The van der Waals surface area contributed by atoms with E-state index in [0.717, 1.165) is 18.9 Å². The van der Waals surface area contributed by atoms with Crippen LogP contribution in [0.4, 0.5) is 0 Å². The third kappa shape index (κ3) is 5.55. The van der Waals surface area contributed by atoms with Crippen molar-refractivity contribution in [3.8, 4) is 0 Å². The largest absolute Gasteiger partial charge is 0.378 e. The van der Waals surface area contributed by atoms with Crippen LogP contribution < -0.4 is 5.32 Å². The SMILES string of the molecule is CC(C)NCc1cccc(SCCC2CCCO2)c1. The molecule has 2 rings (SSSR count). The highest BCUT2D eigenvalue weighted by atomic mass is 32.2. The second kappa shape index (κ2) is 7.93. The van der Waals surface area contributed by atoms with E-state index < -0.39 is 0 Å². The maximum atomic E-state index is 5.66. The van der Waals surface area contributed by atoms with Crippen molar-refractivity contribution in [1.82, 2.24) is 5.32 Å². The first-order valence-corrected chi connectivity index (χ1v) is 8.29. The lowest BCUT2D eigenvalue weighted by Crippen LogP contribution is -2.21. The molecule has 1 aromatic rings. The Balaban J connectivity index is 1.74. The van der Waals surface area contributed by atoms with Crippen LogP contribution in [0.25, 0.3) is 0 Å². The lowest BCUT2D eigenvalue weighted by atomic mass is 10.2. The van der Waals surface area contributed by atoms with E-state index in [1.165, 1.54) is 29.7 Å². The van der Waals surface area contributed by atoms with Gasteiger partial charge in [0.15, 0.2) is 0 Å². The topological polar surface area (TPSA) is 21.3 Å². The fourth-order valence-corrected chi connectivity index (χ4v) is 3.27. The first-order chi connectivity index (χ1) is 9.24. The predicted octanol–water partition coefficient (Wildman–Crippen LogP) is 3.85. The second-order valence-electron chi connectivity index (χ2n) is 5.46. The maximum absolute atomic E-state index is 5.66. The Kier molecular flexibility index (Phi) is 6.21. The molecule has 0 aliphatic carbocycles. The molecule has 0 amide bonds. The number of benzene rings is 1. The minimum absolute atomic E-state index is 0.512. The van der Waals surface area contributed by atoms with E-state index in [2.05, 4.69) is 43.4 Å². The van der Waals surface area contributed by atoms with Crippen molar-refractivity contribution in [1.29, 1.82) is 0 Å². The van der Waals surface area contributed by atoms with Gasteiger partial charge in [-0.05, 0) is 37.0 Å². The van der Waals surface area contributed by atoms with E-state index in [4.69, 9.17) is 4.74 Å². The fourth-order valence-electron chi connectivity index (χ4n) is 2.25. The summed E-state index contributed by atoms with van der Waals surface area (Å²) in [6.07, 6.45) is 4.18. The van der Waals surface area contributed by atoms with Gasteiger partial charge in [-0.2, -0.15) is 0 Å². The lowest BCUT2D eigenvalue weighted by Gasteiger charge is -2.10. The quantitative estimate of drug-likeness (QED) is 0.766. The zero-order chi connectivity index (χ0) is 13.5. The Hall–Kier alpha value is -0.510. The summed E-state index contributed by atoms with van der Waals surface area (Å²) >= 11 is 1.95. The van der Waals surface area contributed by atoms with Crippen LogP contribution in [0.2, 0.25) is 0 Å². The van der Waals surface area contributed by atoms with Crippen LogP contribution in [-0.2, 0) is 11.3 Å². The van der Waals surface area contributed by atoms with Crippen molar-refractivity contribution in [2.45, 2.75) is 56.7 Å². The third-order valence-corrected chi connectivity index (χ3v) is 4.37. The standard InChI is InChI=1S/C16H25NOS/c1-13(2)17-12-14-5-3-7-16(11-14)19-10-8-15-6-4-9-18-15/h3,5,7,11,13,15,17H,4,6,8-10,12H2,1-2H3. The molecule has 0 spiro atoms. The van der Waals surface area contributed by atoms with Gasteiger partial charge in [0.1, 0.15) is 0 Å². The zero-order valence-corrected chi connectivity index (χ0v) is 12.8. The number of ether oxygens (including phenoxy) is 1. The second-order valence-corrected chi connectivity index (χ2v) is 6.62. The van der Waals surface area contributed by atoms with Crippen molar-refractivity contribution in [3.63, 3.8) is 0 Å². The molecule has 1 heterocycles. The number of hydrogen-bond donors (Lipinski definition) is 1. The highest BCUT2D eigenvalue weighted by molar-refractivity contribution is 7.99. The first-order valence-electron chi connectivity index (χ1n) is 7.31.